The number of hydrogen-bond donors (Lipinski definition) is 1. The van der Waals surface area contributed by atoms with Crippen molar-refractivity contribution in [3.05, 3.63) is 22.8 Å². The van der Waals surface area contributed by atoms with Gasteiger partial charge in [0.05, 0.1) is 12.1 Å². The maximum Gasteiger partial charge on any atom is 0.303 e. The zero-order valence-electron chi connectivity index (χ0n) is 9.71. The molecule has 1 aromatic rings. The first-order valence-corrected chi connectivity index (χ1v) is 8.50. The van der Waals surface area contributed by atoms with Gasteiger partial charge in [0, 0.05) is 23.3 Å². The van der Waals surface area contributed by atoms with Crippen molar-refractivity contribution < 1.29 is 14.5 Å². The van der Waals surface area contributed by atoms with Crippen molar-refractivity contribution in [2.45, 2.75) is 19.8 Å². The Labute approximate surface area is 147 Å². The van der Waals surface area contributed by atoms with E-state index in [0.717, 1.165) is 5.69 Å². The molecule has 0 heterocycles. The number of rotatable bonds is 5. The number of nitrogens with zero attached hydrogens (tertiary/aromatic N) is 1. The summed E-state index contributed by atoms with van der Waals surface area (Å²) in [4.78, 5) is 10.5. The Morgan fingerprint density at radius 1 is 1.33 bits per heavy atom. The Balaban J connectivity index is 2.87. The molecule has 1 aromatic carbocycles. The number of carbonyl (C=O) groups is 1. The SMILES string of the molecule is C[C-]=[N+](CCCC(=O)O)c1cc(I)c(I)c(I)c1. The van der Waals surface area contributed by atoms with E-state index in [9.17, 15) is 4.79 Å². The molecular weight excluding hydrogens is 571 g/mol. The second-order valence-corrected chi connectivity index (χ2v) is 7.00. The summed E-state index contributed by atoms with van der Waals surface area (Å²) < 4.78 is 5.63. The van der Waals surface area contributed by atoms with Crippen LogP contribution in [-0.2, 0) is 4.79 Å². The van der Waals surface area contributed by atoms with Crippen molar-refractivity contribution in [2.75, 3.05) is 6.54 Å². The van der Waals surface area contributed by atoms with Gasteiger partial charge < -0.3 is 9.68 Å². The van der Waals surface area contributed by atoms with Crippen molar-refractivity contribution in [2.24, 2.45) is 0 Å². The van der Waals surface area contributed by atoms with E-state index < -0.39 is 5.97 Å². The maximum atomic E-state index is 10.5. The number of benzene rings is 1. The molecule has 0 amide bonds. The lowest BCUT2D eigenvalue weighted by Crippen LogP contribution is -2.10. The molecule has 98 valence electrons. The van der Waals surface area contributed by atoms with Crippen LogP contribution in [0.3, 0.4) is 0 Å². The zero-order chi connectivity index (χ0) is 13.7. The standard InChI is InChI=1S/C12H12I3NO2/c1-2-16(5-3-4-11(17)18)8-6-9(13)12(15)10(14)7-8/h6-7H,3-5H2,1H3,(H,17,18). The normalized spacial score (nSPS) is 11.7. The second kappa shape index (κ2) is 7.98. The van der Waals surface area contributed by atoms with E-state index in [1.807, 2.05) is 11.5 Å². The van der Waals surface area contributed by atoms with Gasteiger partial charge in [0.15, 0.2) is 0 Å². The molecule has 0 fully saturated rings. The number of carboxylic acid groups (broad SMARTS) is 1. The van der Waals surface area contributed by atoms with Crippen molar-refractivity contribution in [3.63, 3.8) is 0 Å². The van der Waals surface area contributed by atoms with E-state index in [-0.39, 0.29) is 6.42 Å². The molecule has 0 saturated heterocycles. The summed E-state index contributed by atoms with van der Waals surface area (Å²) in [5, 5.41) is 8.65. The first-order valence-electron chi connectivity index (χ1n) is 5.27. The monoisotopic (exact) mass is 583 g/mol. The first kappa shape index (κ1) is 16.6. The van der Waals surface area contributed by atoms with Gasteiger partial charge in [0.1, 0.15) is 6.54 Å². The molecule has 0 unspecified atom stereocenters. The molecule has 0 aliphatic rings. The van der Waals surface area contributed by atoms with E-state index in [1.165, 1.54) is 10.7 Å². The molecule has 0 bridgehead atoms. The lowest BCUT2D eigenvalue weighted by Gasteiger charge is -2.13. The van der Waals surface area contributed by atoms with Crippen molar-refractivity contribution in [1.29, 1.82) is 0 Å². The molecule has 1 N–H and O–H groups in total. The van der Waals surface area contributed by atoms with Crippen LogP contribution in [0.2, 0.25) is 0 Å². The summed E-state index contributed by atoms with van der Waals surface area (Å²) in [5.74, 6) is -0.752. The molecule has 0 aliphatic carbocycles. The van der Waals surface area contributed by atoms with Crippen LogP contribution in [0, 0.1) is 10.7 Å². The molecule has 3 nitrogen and oxygen atoms in total. The van der Waals surface area contributed by atoms with Gasteiger partial charge in [-0.2, -0.15) is 0 Å². The Kier molecular flexibility index (Phi) is 7.36. The zero-order valence-corrected chi connectivity index (χ0v) is 16.2. The third-order valence-electron chi connectivity index (χ3n) is 2.32. The van der Waals surface area contributed by atoms with E-state index in [1.54, 1.807) is 0 Å². The summed E-state index contributed by atoms with van der Waals surface area (Å²) in [5.41, 5.74) is 1.07. The topological polar surface area (TPSA) is 40.3 Å². The summed E-state index contributed by atoms with van der Waals surface area (Å²) >= 11 is 6.95. The first-order chi connectivity index (χ1) is 8.45. The predicted octanol–water partition coefficient (Wildman–Crippen LogP) is 3.98. The van der Waals surface area contributed by atoms with Crippen LogP contribution >= 0.6 is 67.8 Å². The van der Waals surface area contributed by atoms with Gasteiger partial charge in [-0.3, -0.25) is 4.79 Å². The van der Waals surface area contributed by atoms with Crippen LogP contribution in [-0.4, -0.2) is 28.4 Å². The third-order valence-corrected chi connectivity index (χ3v) is 7.25. The average molecular weight is 583 g/mol. The Bertz CT molecular complexity index is 463. The van der Waals surface area contributed by atoms with Crippen LogP contribution in [0.5, 0.6) is 0 Å². The largest absolute Gasteiger partial charge is 0.481 e. The van der Waals surface area contributed by atoms with Gasteiger partial charge in [-0.1, -0.05) is 19.1 Å². The fourth-order valence-electron chi connectivity index (χ4n) is 1.46. The smallest absolute Gasteiger partial charge is 0.303 e. The molecule has 0 spiro atoms. The van der Waals surface area contributed by atoms with Crippen molar-refractivity contribution in [3.8, 4) is 0 Å². The van der Waals surface area contributed by atoms with Crippen LogP contribution in [0.4, 0.5) is 5.69 Å². The Morgan fingerprint density at radius 2 is 1.89 bits per heavy atom. The fourth-order valence-corrected chi connectivity index (χ4v) is 3.50. The van der Waals surface area contributed by atoms with E-state index >= 15 is 0 Å². The molecule has 0 radical (unpaired) electrons. The van der Waals surface area contributed by atoms with Crippen LogP contribution in [0.15, 0.2) is 12.1 Å². The highest BCUT2D eigenvalue weighted by molar-refractivity contribution is 14.1. The van der Waals surface area contributed by atoms with E-state index in [0.29, 0.717) is 13.0 Å². The van der Waals surface area contributed by atoms with E-state index in [4.69, 9.17) is 5.11 Å². The summed E-state index contributed by atoms with van der Waals surface area (Å²) in [6.45, 7) is 2.52. The van der Waals surface area contributed by atoms with Gasteiger partial charge in [0.2, 0.25) is 0 Å². The van der Waals surface area contributed by atoms with Gasteiger partial charge in [-0.05, 0) is 67.8 Å². The van der Waals surface area contributed by atoms with Crippen molar-refractivity contribution >= 4 is 85.6 Å². The predicted molar refractivity (Wildman–Crippen MR) is 96.9 cm³/mol. The minimum absolute atomic E-state index is 0.191. The molecule has 0 saturated carbocycles. The number of carboxylic acids is 1. The minimum Gasteiger partial charge on any atom is -0.481 e. The van der Waals surface area contributed by atoms with Gasteiger partial charge in [-0.25, -0.2) is 0 Å². The molecule has 0 aromatic heterocycles. The van der Waals surface area contributed by atoms with Gasteiger partial charge in [-0.15, -0.1) is 0 Å². The Hall–Kier alpha value is 0.550. The number of halogens is 3. The highest BCUT2D eigenvalue weighted by Crippen LogP contribution is 2.27. The second-order valence-electron chi connectivity index (χ2n) is 3.60. The molecule has 18 heavy (non-hydrogen) atoms. The average Bonchev–Trinajstić information content (AvgIpc) is 2.30. The quantitative estimate of drug-likeness (QED) is 0.188. The summed E-state index contributed by atoms with van der Waals surface area (Å²) in [6.07, 6.45) is 3.91. The number of aliphatic carboxylic acids is 1. The van der Waals surface area contributed by atoms with Crippen LogP contribution in [0.25, 0.3) is 0 Å². The summed E-state index contributed by atoms with van der Waals surface area (Å²) in [7, 11) is 0. The number of hydrogen-bond acceptors (Lipinski definition) is 1. The molecular formula is C12H12I3NO2. The fraction of sp³-hybridized carbons (Fsp3) is 0.333. The molecule has 1 rings (SSSR count). The van der Waals surface area contributed by atoms with Crippen LogP contribution < -0.4 is 0 Å². The highest BCUT2D eigenvalue weighted by atomic mass is 127. The maximum absolute atomic E-state index is 10.5. The van der Waals surface area contributed by atoms with E-state index in [2.05, 4.69) is 86.1 Å². The van der Waals surface area contributed by atoms with Gasteiger partial charge in [0.25, 0.3) is 0 Å². The Morgan fingerprint density at radius 3 is 2.33 bits per heavy atom. The minimum atomic E-state index is -0.752. The van der Waals surface area contributed by atoms with Crippen LogP contribution in [0.1, 0.15) is 19.8 Å². The van der Waals surface area contributed by atoms with Crippen molar-refractivity contribution in [1.82, 2.24) is 0 Å². The molecule has 6 heteroatoms. The van der Waals surface area contributed by atoms with Gasteiger partial charge >= 0.3 is 5.97 Å². The molecule has 0 aliphatic heterocycles. The third kappa shape index (κ3) is 4.91. The highest BCUT2D eigenvalue weighted by Gasteiger charge is 2.07. The summed E-state index contributed by atoms with van der Waals surface area (Å²) in [6, 6.07) is 4.20. The lowest BCUT2D eigenvalue weighted by molar-refractivity contribution is -0.436. The lowest BCUT2D eigenvalue weighted by atomic mass is 10.2. The molecule has 0 atom stereocenters.